The quantitative estimate of drug-likeness (QED) is 0.416. The van der Waals surface area contributed by atoms with E-state index in [1.54, 1.807) is 0 Å². The summed E-state index contributed by atoms with van der Waals surface area (Å²) in [5.74, 6) is -2.87. The fourth-order valence-corrected chi connectivity index (χ4v) is 3.15. The third kappa shape index (κ3) is 1.55. The van der Waals surface area contributed by atoms with Crippen LogP contribution in [0.3, 0.4) is 0 Å². The third-order valence-corrected chi connectivity index (χ3v) is 4.15. The number of hydrogen-bond acceptors (Lipinski definition) is 5. The summed E-state index contributed by atoms with van der Waals surface area (Å²) in [6.45, 7) is 1.52. The van der Waals surface area contributed by atoms with Gasteiger partial charge in [0.1, 0.15) is 0 Å². The summed E-state index contributed by atoms with van der Waals surface area (Å²) in [5, 5.41) is 10.7. The maximum atomic E-state index is 12.0. The van der Waals surface area contributed by atoms with Gasteiger partial charge >= 0.3 is 5.97 Å². The minimum atomic E-state index is -1.03. The van der Waals surface area contributed by atoms with Crippen molar-refractivity contribution in [2.45, 2.75) is 32.6 Å². The van der Waals surface area contributed by atoms with E-state index < -0.39 is 29.1 Å². The molecule has 2 fully saturated rings. The molecule has 6 heteroatoms. The Labute approximate surface area is 98.2 Å². The Morgan fingerprint density at radius 1 is 1.53 bits per heavy atom. The summed E-state index contributed by atoms with van der Waals surface area (Å²) >= 11 is 0. The first-order valence-electron chi connectivity index (χ1n) is 5.74. The molecule has 6 nitrogen and oxygen atoms in total. The molecule has 0 radical (unpaired) electrons. The van der Waals surface area contributed by atoms with Gasteiger partial charge in [-0.05, 0) is 12.8 Å². The summed E-state index contributed by atoms with van der Waals surface area (Å²) in [7, 11) is 0. The smallest absolute Gasteiger partial charge is 0.301 e. The SMILES string of the molecule is CC(C(=O)OO)[C@@]12CCCC[C@H]1C(=O)NC2=O. The highest BCUT2D eigenvalue weighted by molar-refractivity contribution is 6.09. The van der Waals surface area contributed by atoms with E-state index in [0.717, 1.165) is 12.8 Å². The molecule has 2 N–H and O–H groups in total. The lowest BCUT2D eigenvalue weighted by Crippen LogP contribution is -2.46. The van der Waals surface area contributed by atoms with E-state index in [-0.39, 0.29) is 5.91 Å². The first-order chi connectivity index (χ1) is 8.04. The van der Waals surface area contributed by atoms with Gasteiger partial charge in [-0.2, -0.15) is 5.26 Å². The molecule has 1 aliphatic carbocycles. The van der Waals surface area contributed by atoms with Gasteiger partial charge in [-0.25, -0.2) is 4.79 Å². The van der Waals surface area contributed by atoms with Gasteiger partial charge in [-0.3, -0.25) is 14.9 Å². The third-order valence-electron chi connectivity index (χ3n) is 4.15. The molecule has 17 heavy (non-hydrogen) atoms. The van der Waals surface area contributed by atoms with E-state index in [2.05, 4.69) is 10.2 Å². The fourth-order valence-electron chi connectivity index (χ4n) is 3.15. The number of imide groups is 1. The van der Waals surface area contributed by atoms with Crippen molar-refractivity contribution in [3.05, 3.63) is 0 Å². The molecule has 2 aliphatic rings. The molecule has 1 saturated heterocycles. The van der Waals surface area contributed by atoms with Gasteiger partial charge < -0.3 is 4.89 Å². The largest absolute Gasteiger partial charge is 0.345 e. The van der Waals surface area contributed by atoms with Crippen molar-refractivity contribution in [1.82, 2.24) is 5.32 Å². The van der Waals surface area contributed by atoms with Crippen LogP contribution in [0.1, 0.15) is 32.6 Å². The molecule has 0 bridgehead atoms. The standard InChI is InChI=1S/C11H15NO5/c1-6(9(14)17-16)11-5-3-2-4-7(11)8(13)12-10(11)15/h6-7,16H,2-5H2,1H3,(H,12,13,15)/t6?,7-,11-/m0/s1. The Bertz CT molecular complexity index is 380. The Balaban J connectivity index is 2.39. The van der Waals surface area contributed by atoms with Crippen LogP contribution in [0.2, 0.25) is 0 Å². The zero-order valence-corrected chi connectivity index (χ0v) is 9.56. The number of carbonyl (C=O) groups excluding carboxylic acids is 3. The Hall–Kier alpha value is -1.43. The van der Waals surface area contributed by atoms with E-state index in [0.29, 0.717) is 12.8 Å². The van der Waals surface area contributed by atoms with Crippen LogP contribution in [0, 0.1) is 17.3 Å². The second-order valence-electron chi connectivity index (χ2n) is 4.79. The van der Waals surface area contributed by atoms with Crippen molar-refractivity contribution in [2.75, 3.05) is 0 Å². The van der Waals surface area contributed by atoms with Gasteiger partial charge in [-0.15, -0.1) is 0 Å². The topological polar surface area (TPSA) is 92.7 Å². The van der Waals surface area contributed by atoms with Gasteiger partial charge in [-0.1, -0.05) is 19.8 Å². The number of carbonyl (C=O) groups is 3. The van der Waals surface area contributed by atoms with Crippen molar-refractivity contribution >= 4 is 17.8 Å². The molecule has 3 atom stereocenters. The van der Waals surface area contributed by atoms with Crippen LogP contribution in [0.15, 0.2) is 0 Å². The lowest BCUT2D eigenvalue weighted by molar-refractivity contribution is -0.243. The molecule has 2 rings (SSSR count). The average Bonchev–Trinajstić information content (AvgIpc) is 2.61. The molecule has 1 unspecified atom stereocenters. The minimum absolute atomic E-state index is 0.313. The van der Waals surface area contributed by atoms with E-state index >= 15 is 0 Å². The van der Waals surface area contributed by atoms with Crippen LogP contribution >= 0.6 is 0 Å². The Morgan fingerprint density at radius 3 is 2.88 bits per heavy atom. The van der Waals surface area contributed by atoms with E-state index in [1.807, 2.05) is 0 Å². The van der Waals surface area contributed by atoms with Crippen molar-refractivity contribution in [3.63, 3.8) is 0 Å². The van der Waals surface area contributed by atoms with Gasteiger partial charge in [0.25, 0.3) is 0 Å². The molecule has 0 aromatic rings. The predicted molar refractivity (Wildman–Crippen MR) is 55.4 cm³/mol. The van der Waals surface area contributed by atoms with Gasteiger partial charge in [0, 0.05) is 0 Å². The van der Waals surface area contributed by atoms with E-state index in [9.17, 15) is 14.4 Å². The van der Waals surface area contributed by atoms with Crippen molar-refractivity contribution < 1.29 is 24.5 Å². The molecule has 1 aliphatic heterocycles. The maximum absolute atomic E-state index is 12.0. The Morgan fingerprint density at radius 2 is 2.24 bits per heavy atom. The van der Waals surface area contributed by atoms with Crippen molar-refractivity contribution in [3.8, 4) is 0 Å². The molecule has 0 aromatic carbocycles. The van der Waals surface area contributed by atoms with Gasteiger partial charge in [0.15, 0.2) is 0 Å². The molecule has 1 heterocycles. The van der Waals surface area contributed by atoms with Crippen LogP contribution in [-0.4, -0.2) is 23.0 Å². The van der Waals surface area contributed by atoms with Crippen LogP contribution in [-0.2, 0) is 19.3 Å². The molecular formula is C11H15NO5. The Kier molecular flexibility index (Phi) is 2.91. The number of rotatable bonds is 2. The first kappa shape index (κ1) is 12.0. The summed E-state index contributed by atoms with van der Waals surface area (Å²) < 4.78 is 0. The highest BCUT2D eigenvalue weighted by atomic mass is 17.1. The highest BCUT2D eigenvalue weighted by Crippen LogP contribution is 2.50. The second kappa shape index (κ2) is 4.10. The number of nitrogens with one attached hydrogen (secondary N) is 1. The highest BCUT2D eigenvalue weighted by Gasteiger charge is 2.60. The molecule has 0 spiro atoms. The van der Waals surface area contributed by atoms with Crippen LogP contribution in [0.5, 0.6) is 0 Å². The molecule has 0 aromatic heterocycles. The summed E-state index contributed by atoms with van der Waals surface area (Å²) in [6, 6.07) is 0. The maximum Gasteiger partial charge on any atom is 0.345 e. The summed E-state index contributed by atoms with van der Waals surface area (Å²) in [4.78, 5) is 38.8. The van der Waals surface area contributed by atoms with Crippen LogP contribution < -0.4 is 5.32 Å². The number of hydrogen-bond donors (Lipinski definition) is 2. The second-order valence-corrected chi connectivity index (χ2v) is 4.79. The van der Waals surface area contributed by atoms with Gasteiger partial charge in [0.05, 0.1) is 17.3 Å². The van der Waals surface area contributed by atoms with E-state index in [4.69, 9.17) is 5.26 Å². The van der Waals surface area contributed by atoms with Gasteiger partial charge in [0.2, 0.25) is 11.8 Å². The summed E-state index contributed by atoms with van der Waals surface area (Å²) in [6.07, 6.45) is 2.74. The predicted octanol–water partition coefficient (Wildman–Crippen LogP) is 0.472. The normalized spacial score (nSPS) is 33.9. The zero-order valence-electron chi connectivity index (χ0n) is 9.56. The van der Waals surface area contributed by atoms with Crippen LogP contribution in [0.4, 0.5) is 0 Å². The van der Waals surface area contributed by atoms with Crippen molar-refractivity contribution in [2.24, 2.45) is 17.3 Å². The van der Waals surface area contributed by atoms with E-state index in [1.165, 1.54) is 6.92 Å². The lowest BCUT2D eigenvalue weighted by Gasteiger charge is -2.38. The minimum Gasteiger partial charge on any atom is -0.301 e. The molecule has 1 saturated carbocycles. The molecular weight excluding hydrogens is 226 g/mol. The van der Waals surface area contributed by atoms with Crippen LogP contribution in [0.25, 0.3) is 0 Å². The van der Waals surface area contributed by atoms with Crippen molar-refractivity contribution in [1.29, 1.82) is 0 Å². The average molecular weight is 241 g/mol. The first-order valence-corrected chi connectivity index (χ1v) is 5.74. The lowest BCUT2D eigenvalue weighted by atomic mass is 9.61. The zero-order chi connectivity index (χ0) is 12.6. The summed E-state index contributed by atoms with van der Waals surface area (Å²) in [5.41, 5.74) is -1.03. The monoisotopic (exact) mass is 241 g/mol. The number of amides is 2. The number of fused-ring (bicyclic) bond motifs is 1. The fraction of sp³-hybridized carbons (Fsp3) is 0.727. The molecule has 94 valence electrons. The molecule has 2 amide bonds.